The molecule has 2 N–H and O–H groups in total. The summed E-state index contributed by atoms with van der Waals surface area (Å²) in [6.45, 7) is 0.314. The third-order valence-electron chi connectivity index (χ3n) is 3.49. The van der Waals surface area contributed by atoms with Gasteiger partial charge in [0.2, 0.25) is 5.91 Å². The van der Waals surface area contributed by atoms with Crippen molar-refractivity contribution >= 4 is 17.5 Å². The van der Waals surface area contributed by atoms with Gasteiger partial charge < -0.3 is 15.5 Å². The largest absolute Gasteiger partial charge is 0.376 e. The van der Waals surface area contributed by atoms with E-state index in [0.717, 1.165) is 5.69 Å². The van der Waals surface area contributed by atoms with Gasteiger partial charge in [0.25, 0.3) is 5.91 Å². The van der Waals surface area contributed by atoms with Crippen LogP contribution >= 0.6 is 0 Å². The Morgan fingerprint density at radius 3 is 2.33 bits per heavy atom. The molecule has 0 saturated heterocycles. The first kappa shape index (κ1) is 17.5. The fraction of sp³-hybridized carbons (Fsp3) is 0.222. The second-order valence-electron chi connectivity index (χ2n) is 5.49. The highest BCUT2D eigenvalue weighted by molar-refractivity contribution is 5.94. The standard InChI is InChI=1S/C18H20FN3O2/c1-22(2)17(23)12-20-15-9-7-13(8-10-15)18(24)21-11-14-5-3-4-6-16(14)19/h3-10,20H,11-12H2,1-2H3,(H,21,24). The maximum absolute atomic E-state index is 13.5. The Morgan fingerprint density at radius 1 is 1.04 bits per heavy atom. The first-order chi connectivity index (χ1) is 11.5. The number of hydrogen-bond acceptors (Lipinski definition) is 3. The fourth-order valence-corrected chi connectivity index (χ4v) is 1.99. The number of hydrogen-bond donors (Lipinski definition) is 2. The van der Waals surface area contributed by atoms with Crippen LogP contribution in [0.1, 0.15) is 15.9 Å². The highest BCUT2D eigenvalue weighted by Crippen LogP contribution is 2.10. The predicted octanol–water partition coefficient (Wildman–Crippen LogP) is 2.26. The van der Waals surface area contributed by atoms with Crippen molar-refractivity contribution in [3.05, 3.63) is 65.5 Å². The molecule has 0 aliphatic heterocycles. The molecule has 6 heteroatoms. The van der Waals surface area contributed by atoms with Gasteiger partial charge in [-0.3, -0.25) is 9.59 Å². The second-order valence-corrected chi connectivity index (χ2v) is 5.49. The van der Waals surface area contributed by atoms with Crippen LogP contribution in [0.2, 0.25) is 0 Å². The number of nitrogens with one attached hydrogen (secondary N) is 2. The van der Waals surface area contributed by atoms with E-state index >= 15 is 0 Å². The fourth-order valence-electron chi connectivity index (χ4n) is 1.99. The smallest absolute Gasteiger partial charge is 0.251 e. The summed E-state index contributed by atoms with van der Waals surface area (Å²) in [5, 5.41) is 5.67. The lowest BCUT2D eigenvalue weighted by molar-refractivity contribution is -0.126. The van der Waals surface area contributed by atoms with Crippen LogP contribution in [0.25, 0.3) is 0 Å². The van der Waals surface area contributed by atoms with E-state index in [1.165, 1.54) is 11.0 Å². The maximum atomic E-state index is 13.5. The van der Waals surface area contributed by atoms with Crippen molar-refractivity contribution < 1.29 is 14.0 Å². The van der Waals surface area contributed by atoms with E-state index in [1.807, 2.05) is 0 Å². The van der Waals surface area contributed by atoms with E-state index in [-0.39, 0.29) is 30.7 Å². The normalized spacial score (nSPS) is 10.1. The Bertz CT molecular complexity index is 714. The maximum Gasteiger partial charge on any atom is 0.251 e. The van der Waals surface area contributed by atoms with Crippen molar-refractivity contribution in [3.63, 3.8) is 0 Å². The minimum Gasteiger partial charge on any atom is -0.376 e. The van der Waals surface area contributed by atoms with E-state index in [4.69, 9.17) is 0 Å². The van der Waals surface area contributed by atoms with Gasteiger partial charge in [0.1, 0.15) is 5.82 Å². The Hall–Kier alpha value is -2.89. The molecule has 0 heterocycles. The van der Waals surface area contributed by atoms with Crippen LogP contribution in [0.4, 0.5) is 10.1 Å². The topological polar surface area (TPSA) is 61.4 Å². The molecule has 0 saturated carbocycles. The molecule has 0 aliphatic rings. The molecule has 0 aromatic heterocycles. The summed E-state index contributed by atoms with van der Waals surface area (Å²) >= 11 is 0. The number of nitrogens with zero attached hydrogens (tertiary/aromatic N) is 1. The molecule has 0 atom stereocenters. The molecule has 5 nitrogen and oxygen atoms in total. The summed E-state index contributed by atoms with van der Waals surface area (Å²) in [4.78, 5) is 25.1. The molecule has 0 aliphatic carbocycles. The lowest BCUT2D eigenvalue weighted by Gasteiger charge is -2.12. The minimum absolute atomic E-state index is 0.0401. The summed E-state index contributed by atoms with van der Waals surface area (Å²) in [5.74, 6) is -0.668. The summed E-state index contributed by atoms with van der Waals surface area (Å²) in [7, 11) is 3.38. The van der Waals surface area contributed by atoms with Gasteiger partial charge in [-0.15, -0.1) is 0 Å². The number of anilines is 1. The van der Waals surface area contributed by atoms with Gasteiger partial charge in [0.05, 0.1) is 6.54 Å². The van der Waals surface area contributed by atoms with Crippen LogP contribution in [0.15, 0.2) is 48.5 Å². The Labute approximate surface area is 140 Å². The molecule has 0 fully saturated rings. The summed E-state index contributed by atoms with van der Waals surface area (Å²) in [6, 6.07) is 13.1. The number of carbonyl (C=O) groups is 2. The molecule has 126 valence electrons. The van der Waals surface area contributed by atoms with E-state index in [9.17, 15) is 14.0 Å². The SMILES string of the molecule is CN(C)C(=O)CNc1ccc(C(=O)NCc2ccccc2F)cc1. The average Bonchev–Trinajstić information content (AvgIpc) is 2.59. The molecule has 0 spiro atoms. The van der Waals surface area contributed by atoms with Crippen molar-refractivity contribution in [2.24, 2.45) is 0 Å². The molecule has 2 aromatic carbocycles. The van der Waals surface area contributed by atoms with E-state index in [0.29, 0.717) is 11.1 Å². The number of carbonyl (C=O) groups excluding carboxylic acids is 2. The van der Waals surface area contributed by atoms with Gasteiger partial charge in [-0.05, 0) is 30.3 Å². The zero-order chi connectivity index (χ0) is 17.5. The summed E-state index contributed by atoms with van der Waals surface area (Å²) < 4.78 is 13.5. The number of amides is 2. The third kappa shape index (κ3) is 4.81. The molecule has 0 bridgehead atoms. The van der Waals surface area contributed by atoms with Crippen LogP contribution < -0.4 is 10.6 Å². The van der Waals surface area contributed by atoms with Crippen LogP contribution in [0.3, 0.4) is 0 Å². The van der Waals surface area contributed by atoms with Crippen molar-refractivity contribution in [1.82, 2.24) is 10.2 Å². The molecule has 24 heavy (non-hydrogen) atoms. The third-order valence-corrected chi connectivity index (χ3v) is 3.49. The Kier molecular flexibility index (Phi) is 5.89. The lowest BCUT2D eigenvalue weighted by atomic mass is 10.1. The zero-order valence-corrected chi connectivity index (χ0v) is 13.7. The van der Waals surface area contributed by atoms with Gasteiger partial charge >= 0.3 is 0 Å². The average molecular weight is 329 g/mol. The van der Waals surface area contributed by atoms with Crippen molar-refractivity contribution in [3.8, 4) is 0 Å². The predicted molar refractivity (Wildman–Crippen MR) is 91.2 cm³/mol. The Balaban J connectivity index is 1.89. The van der Waals surface area contributed by atoms with Gasteiger partial charge in [0.15, 0.2) is 0 Å². The van der Waals surface area contributed by atoms with Crippen LogP contribution in [-0.4, -0.2) is 37.4 Å². The highest BCUT2D eigenvalue weighted by Gasteiger charge is 2.08. The number of likely N-dealkylation sites (N-methyl/N-ethyl adjacent to an activating group) is 1. The molecule has 2 rings (SSSR count). The quantitative estimate of drug-likeness (QED) is 0.854. The van der Waals surface area contributed by atoms with E-state index in [2.05, 4.69) is 10.6 Å². The van der Waals surface area contributed by atoms with Gasteiger partial charge in [-0.25, -0.2) is 4.39 Å². The molecular weight excluding hydrogens is 309 g/mol. The minimum atomic E-state index is -0.345. The van der Waals surface area contributed by atoms with E-state index in [1.54, 1.807) is 56.6 Å². The molecule has 2 amide bonds. The highest BCUT2D eigenvalue weighted by atomic mass is 19.1. The summed E-state index contributed by atoms with van der Waals surface area (Å²) in [6.07, 6.45) is 0. The van der Waals surface area contributed by atoms with Crippen LogP contribution in [-0.2, 0) is 11.3 Å². The number of benzene rings is 2. The monoisotopic (exact) mass is 329 g/mol. The van der Waals surface area contributed by atoms with Gasteiger partial charge in [-0.2, -0.15) is 0 Å². The number of rotatable bonds is 6. The molecule has 0 unspecified atom stereocenters. The van der Waals surface area contributed by atoms with Crippen LogP contribution in [0, 0.1) is 5.82 Å². The first-order valence-corrected chi connectivity index (χ1v) is 7.53. The molecular formula is C18H20FN3O2. The van der Waals surface area contributed by atoms with E-state index < -0.39 is 0 Å². The van der Waals surface area contributed by atoms with Crippen LogP contribution in [0.5, 0.6) is 0 Å². The molecule has 0 radical (unpaired) electrons. The molecule has 2 aromatic rings. The Morgan fingerprint density at radius 2 is 1.71 bits per heavy atom. The van der Waals surface area contributed by atoms with Crippen molar-refractivity contribution in [2.75, 3.05) is 26.0 Å². The number of halogens is 1. The first-order valence-electron chi connectivity index (χ1n) is 7.53. The van der Waals surface area contributed by atoms with Crippen molar-refractivity contribution in [1.29, 1.82) is 0 Å². The van der Waals surface area contributed by atoms with Crippen molar-refractivity contribution in [2.45, 2.75) is 6.54 Å². The second kappa shape index (κ2) is 8.10. The lowest BCUT2D eigenvalue weighted by Crippen LogP contribution is -2.28. The van der Waals surface area contributed by atoms with Gasteiger partial charge in [0, 0.05) is 37.5 Å². The summed E-state index contributed by atoms with van der Waals surface area (Å²) in [5.41, 5.74) is 1.65. The van der Waals surface area contributed by atoms with Gasteiger partial charge in [-0.1, -0.05) is 18.2 Å². The zero-order valence-electron chi connectivity index (χ0n) is 13.7.